The third-order valence-corrected chi connectivity index (χ3v) is 3.71. The molecule has 1 aliphatic rings. The number of piperidine rings is 1. The average molecular weight is 282 g/mol. The molecule has 1 aliphatic heterocycles. The van der Waals surface area contributed by atoms with E-state index in [2.05, 4.69) is 12.2 Å². The quantitative estimate of drug-likeness (QED) is 0.923. The summed E-state index contributed by atoms with van der Waals surface area (Å²) < 4.78 is 27.6. The van der Waals surface area contributed by atoms with E-state index < -0.39 is 11.6 Å². The lowest BCUT2D eigenvalue weighted by Gasteiger charge is -2.30. The Morgan fingerprint density at radius 2 is 1.85 bits per heavy atom. The van der Waals surface area contributed by atoms with Crippen molar-refractivity contribution >= 4 is 11.6 Å². The molecule has 20 heavy (non-hydrogen) atoms. The highest BCUT2D eigenvalue weighted by atomic mass is 19.1. The summed E-state index contributed by atoms with van der Waals surface area (Å²) in [7, 11) is 0. The lowest BCUT2D eigenvalue weighted by Crippen LogP contribution is -2.38. The summed E-state index contributed by atoms with van der Waals surface area (Å²) in [6.45, 7) is 5.63. The molecule has 1 N–H and O–H groups in total. The van der Waals surface area contributed by atoms with Gasteiger partial charge in [0.05, 0.1) is 0 Å². The predicted octanol–water partition coefficient (Wildman–Crippen LogP) is 3.27. The van der Waals surface area contributed by atoms with E-state index in [1.165, 1.54) is 0 Å². The maximum Gasteiger partial charge on any atom is 0.254 e. The SMILES string of the molecule is CCNc1c(F)cc(C(=O)N2CCC(C)CC2)cc1F. The second-order valence-corrected chi connectivity index (χ2v) is 5.32. The second-order valence-electron chi connectivity index (χ2n) is 5.32. The number of halogens is 2. The summed E-state index contributed by atoms with van der Waals surface area (Å²) in [6.07, 6.45) is 1.87. The monoisotopic (exact) mass is 282 g/mol. The van der Waals surface area contributed by atoms with Crippen molar-refractivity contribution in [2.24, 2.45) is 5.92 Å². The van der Waals surface area contributed by atoms with E-state index >= 15 is 0 Å². The van der Waals surface area contributed by atoms with Crippen LogP contribution < -0.4 is 5.32 Å². The lowest BCUT2D eigenvalue weighted by molar-refractivity contribution is 0.0696. The third kappa shape index (κ3) is 3.08. The number of carbonyl (C=O) groups excluding carboxylic acids is 1. The number of rotatable bonds is 3. The van der Waals surface area contributed by atoms with E-state index in [4.69, 9.17) is 0 Å². The van der Waals surface area contributed by atoms with Crippen LogP contribution in [0.1, 0.15) is 37.0 Å². The number of carbonyl (C=O) groups is 1. The molecule has 110 valence electrons. The molecular weight excluding hydrogens is 262 g/mol. The Labute approximate surface area is 118 Å². The Balaban J connectivity index is 2.18. The highest BCUT2D eigenvalue weighted by Gasteiger charge is 2.23. The van der Waals surface area contributed by atoms with Gasteiger partial charge in [-0.25, -0.2) is 8.78 Å². The molecule has 1 aromatic carbocycles. The van der Waals surface area contributed by atoms with E-state index in [0.717, 1.165) is 25.0 Å². The molecule has 1 fully saturated rings. The fourth-order valence-electron chi connectivity index (χ4n) is 2.44. The van der Waals surface area contributed by atoms with Crippen LogP contribution in [0.15, 0.2) is 12.1 Å². The molecule has 3 nitrogen and oxygen atoms in total. The molecule has 5 heteroatoms. The van der Waals surface area contributed by atoms with Crippen LogP contribution in [-0.4, -0.2) is 30.4 Å². The largest absolute Gasteiger partial charge is 0.381 e. The number of benzene rings is 1. The topological polar surface area (TPSA) is 32.3 Å². The Morgan fingerprint density at radius 1 is 1.30 bits per heavy atom. The highest BCUT2D eigenvalue weighted by molar-refractivity contribution is 5.94. The normalized spacial score (nSPS) is 16.3. The number of amides is 1. The molecule has 0 spiro atoms. The van der Waals surface area contributed by atoms with Gasteiger partial charge in [-0.15, -0.1) is 0 Å². The van der Waals surface area contributed by atoms with Crippen molar-refractivity contribution in [3.05, 3.63) is 29.3 Å². The lowest BCUT2D eigenvalue weighted by atomic mass is 9.98. The molecule has 1 amide bonds. The summed E-state index contributed by atoms with van der Waals surface area (Å²) >= 11 is 0. The molecule has 0 radical (unpaired) electrons. The molecule has 0 saturated carbocycles. The van der Waals surface area contributed by atoms with Gasteiger partial charge >= 0.3 is 0 Å². The summed E-state index contributed by atoms with van der Waals surface area (Å²) in [5.41, 5.74) is -0.0903. The van der Waals surface area contributed by atoms with Gasteiger partial charge in [0, 0.05) is 25.2 Å². The van der Waals surface area contributed by atoms with Crippen LogP contribution in [0.25, 0.3) is 0 Å². The van der Waals surface area contributed by atoms with E-state index in [-0.39, 0.29) is 17.2 Å². The maximum atomic E-state index is 13.8. The smallest absolute Gasteiger partial charge is 0.254 e. The van der Waals surface area contributed by atoms with E-state index in [1.807, 2.05) is 0 Å². The minimum atomic E-state index is -0.722. The average Bonchev–Trinajstić information content (AvgIpc) is 2.42. The van der Waals surface area contributed by atoms with Crippen LogP contribution in [0.2, 0.25) is 0 Å². The van der Waals surface area contributed by atoms with Crippen LogP contribution in [0.5, 0.6) is 0 Å². The molecule has 0 unspecified atom stereocenters. The van der Waals surface area contributed by atoms with Crippen LogP contribution >= 0.6 is 0 Å². The van der Waals surface area contributed by atoms with Crippen molar-refractivity contribution in [2.75, 3.05) is 25.0 Å². The molecular formula is C15H20F2N2O. The van der Waals surface area contributed by atoms with Gasteiger partial charge in [0.1, 0.15) is 17.3 Å². The minimum absolute atomic E-state index is 0.0798. The van der Waals surface area contributed by atoms with Crippen molar-refractivity contribution in [2.45, 2.75) is 26.7 Å². The third-order valence-electron chi connectivity index (χ3n) is 3.71. The van der Waals surface area contributed by atoms with E-state index in [0.29, 0.717) is 25.6 Å². The first-order chi connectivity index (χ1) is 9.52. The maximum absolute atomic E-state index is 13.8. The van der Waals surface area contributed by atoms with Gasteiger partial charge in [0.15, 0.2) is 0 Å². The first-order valence-corrected chi connectivity index (χ1v) is 7.05. The molecule has 0 aromatic heterocycles. The van der Waals surface area contributed by atoms with Crippen molar-refractivity contribution in [1.82, 2.24) is 4.90 Å². The summed E-state index contributed by atoms with van der Waals surface area (Å²) in [4.78, 5) is 13.9. The highest BCUT2D eigenvalue weighted by Crippen LogP contribution is 2.23. The molecule has 1 saturated heterocycles. The van der Waals surface area contributed by atoms with Gasteiger partial charge in [-0.3, -0.25) is 4.79 Å². The number of hydrogen-bond donors (Lipinski definition) is 1. The Morgan fingerprint density at radius 3 is 2.35 bits per heavy atom. The molecule has 0 aliphatic carbocycles. The van der Waals surface area contributed by atoms with Crippen molar-refractivity contribution in [3.8, 4) is 0 Å². The van der Waals surface area contributed by atoms with E-state index in [1.54, 1.807) is 11.8 Å². The minimum Gasteiger partial charge on any atom is -0.381 e. The van der Waals surface area contributed by atoms with Crippen molar-refractivity contribution in [1.29, 1.82) is 0 Å². The van der Waals surface area contributed by atoms with Crippen LogP contribution in [-0.2, 0) is 0 Å². The number of hydrogen-bond acceptors (Lipinski definition) is 2. The molecule has 0 bridgehead atoms. The zero-order valence-corrected chi connectivity index (χ0v) is 11.9. The fourth-order valence-corrected chi connectivity index (χ4v) is 2.44. The van der Waals surface area contributed by atoms with Crippen molar-refractivity contribution in [3.63, 3.8) is 0 Å². The Hall–Kier alpha value is -1.65. The summed E-state index contributed by atoms with van der Waals surface area (Å²) in [6, 6.07) is 2.23. The first-order valence-electron chi connectivity index (χ1n) is 7.05. The number of nitrogens with zero attached hydrogens (tertiary/aromatic N) is 1. The summed E-state index contributed by atoms with van der Waals surface area (Å²) in [5.74, 6) is -1.14. The fraction of sp³-hybridized carbons (Fsp3) is 0.533. The van der Waals surface area contributed by atoms with Gasteiger partial charge < -0.3 is 10.2 Å². The number of likely N-dealkylation sites (tertiary alicyclic amines) is 1. The van der Waals surface area contributed by atoms with Gasteiger partial charge in [0.25, 0.3) is 5.91 Å². The molecule has 1 heterocycles. The second kappa shape index (κ2) is 6.20. The molecule has 2 rings (SSSR count). The zero-order chi connectivity index (χ0) is 14.7. The number of nitrogens with one attached hydrogen (secondary N) is 1. The summed E-state index contributed by atoms with van der Waals surface area (Å²) in [5, 5.41) is 2.62. The predicted molar refractivity (Wildman–Crippen MR) is 74.8 cm³/mol. The Kier molecular flexibility index (Phi) is 4.57. The molecule has 1 aromatic rings. The van der Waals surface area contributed by atoms with Gasteiger partial charge in [0.2, 0.25) is 0 Å². The van der Waals surface area contributed by atoms with Crippen LogP contribution in [0, 0.1) is 17.6 Å². The van der Waals surface area contributed by atoms with Gasteiger partial charge in [-0.2, -0.15) is 0 Å². The molecule has 0 atom stereocenters. The number of anilines is 1. The van der Waals surface area contributed by atoms with Crippen LogP contribution in [0.3, 0.4) is 0 Å². The standard InChI is InChI=1S/C15H20F2N2O/c1-3-18-14-12(16)8-11(9-13(14)17)15(20)19-6-4-10(2)5-7-19/h8-10,18H,3-7H2,1-2H3. The van der Waals surface area contributed by atoms with E-state index in [9.17, 15) is 13.6 Å². The first kappa shape index (κ1) is 14.8. The van der Waals surface area contributed by atoms with Crippen LogP contribution in [0.4, 0.5) is 14.5 Å². The van der Waals surface area contributed by atoms with Gasteiger partial charge in [-0.05, 0) is 37.8 Å². The van der Waals surface area contributed by atoms with Crippen molar-refractivity contribution < 1.29 is 13.6 Å². The zero-order valence-electron chi connectivity index (χ0n) is 11.9. The van der Waals surface area contributed by atoms with Gasteiger partial charge in [-0.1, -0.05) is 6.92 Å². The Bertz CT molecular complexity index is 474.